The number of aromatic nitrogens is 1. The molecule has 96 valence electrons. The van der Waals surface area contributed by atoms with Gasteiger partial charge in [0, 0.05) is 35.7 Å². The summed E-state index contributed by atoms with van der Waals surface area (Å²) in [5, 5.41) is 1.53. The van der Waals surface area contributed by atoms with Crippen LogP contribution in [0.15, 0.2) is 24.4 Å². The van der Waals surface area contributed by atoms with E-state index in [2.05, 4.69) is 11.9 Å². The first-order chi connectivity index (χ1) is 8.63. The number of nitrogens with zero attached hydrogens (tertiary/aromatic N) is 1. The van der Waals surface area contributed by atoms with E-state index in [1.54, 1.807) is 11.1 Å². The maximum Gasteiger partial charge on any atom is 0.255 e. The lowest BCUT2D eigenvalue weighted by atomic mass is 10.1. The number of halogens is 1. The first kappa shape index (κ1) is 13.0. The molecule has 18 heavy (non-hydrogen) atoms. The van der Waals surface area contributed by atoms with Gasteiger partial charge in [-0.15, -0.1) is 0 Å². The first-order valence-corrected chi connectivity index (χ1v) is 6.53. The van der Waals surface area contributed by atoms with E-state index in [4.69, 9.17) is 11.6 Å². The molecule has 0 fully saturated rings. The van der Waals surface area contributed by atoms with Crippen LogP contribution in [0.1, 0.15) is 30.1 Å². The van der Waals surface area contributed by atoms with Crippen molar-refractivity contribution >= 4 is 28.4 Å². The molecule has 2 rings (SSSR count). The summed E-state index contributed by atoms with van der Waals surface area (Å²) in [7, 11) is 1.83. The number of carbonyl (C=O) groups excluding carboxylic acids is 1. The Morgan fingerprint density at radius 2 is 2.22 bits per heavy atom. The highest BCUT2D eigenvalue weighted by Crippen LogP contribution is 2.23. The molecule has 0 saturated heterocycles. The average molecular weight is 265 g/mol. The van der Waals surface area contributed by atoms with Gasteiger partial charge in [-0.2, -0.15) is 0 Å². The van der Waals surface area contributed by atoms with Gasteiger partial charge in [-0.1, -0.05) is 24.9 Å². The summed E-state index contributed by atoms with van der Waals surface area (Å²) in [5.74, 6) is 0.0389. The van der Waals surface area contributed by atoms with Crippen LogP contribution in [-0.4, -0.2) is 29.4 Å². The Hall–Kier alpha value is -1.48. The third-order valence-corrected chi connectivity index (χ3v) is 3.30. The second-order valence-electron chi connectivity index (χ2n) is 4.47. The lowest BCUT2D eigenvalue weighted by Gasteiger charge is -2.16. The van der Waals surface area contributed by atoms with Crippen molar-refractivity contribution in [3.63, 3.8) is 0 Å². The van der Waals surface area contributed by atoms with Crippen LogP contribution in [0.3, 0.4) is 0 Å². The van der Waals surface area contributed by atoms with Crippen molar-refractivity contribution in [3.8, 4) is 0 Å². The molecule has 0 saturated carbocycles. The van der Waals surface area contributed by atoms with Crippen molar-refractivity contribution in [1.82, 2.24) is 9.88 Å². The molecule has 0 aliphatic rings. The van der Waals surface area contributed by atoms with Crippen LogP contribution in [0.2, 0.25) is 5.02 Å². The highest BCUT2D eigenvalue weighted by atomic mass is 35.5. The molecule has 0 aliphatic heterocycles. The second-order valence-corrected chi connectivity index (χ2v) is 4.91. The molecule has 1 aromatic carbocycles. The molecule has 4 heteroatoms. The molecule has 1 heterocycles. The number of H-pyrrole nitrogens is 1. The highest BCUT2D eigenvalue weighted by Gasteiger charge is 2.15. The summed E-state index contributed by atoms with van der Waals surface area (Å²) < 4.78 is 0. The number of benzene rings is 1. The molecular weight excluding hydrogens is 248 g/mol. The minimum atomic E-state index is 0.0389. The molecule has 1 N–H and O–H groups in total. The number of unbranched alkanes of at least 4 members (excludes halogenated alkanes) is 1. The number of aromatic amines is 1. The van der Waals surface area contributed by atoms with Gasteiger partial charge in [-0.05, 0) is 24.6 Å². The standard InChI is InChI=1S/C14H17ClN2O/c1-3-4-7-17(2)14(18)12-9-16-13-6-5-10(15)8-11(12)13/h5-6,8-9,16H,3-4,7H2,1-2H3. The van der Waals surface area contributed by atoms with Gasteiger partial charge in [-0.3, -0.25) is 4.79 Å². The van der Waals surface area contributed by atoms with Crippen molar-refractivity contribution in [3.05, 3.63) is 35.0 Å². The first-order valence-electron chi connectivity index (χ1n) is 6.15. The van der Waals surface area contributed by atoms with Gasteiger partial charge in [-0.25, -0.2) is 0 Å². The topological polar surface area (TPSA) is 36.1 Å². The van der Waals surface area contributed by atoms with Crippen LogP contribution in [0.4, 0.5) is 0 Å². The molecule has 0 radical (unpaired) electrons. The van der Waals surface area contributed by atoms with Crippen molar-refractivity contribution in [2.75, 3.05) is 13.6 Å². The molecule has 3 nitrogen and oxygen atoms in total. The molecule has 0 spiro atoms. The number of hydrogen-bond acceptors (Lipinski definition) is 1. The van der Waals surface area contributed by atoms with Gasteiger partial charge in [0.2, 0.25) is 0 Å². The van der Waals surface area contributed by atoms with E-state index in [1.165, 1.54) is 0 Å². The predicted molar refractivity (Wildman–Crippen MR) is 75.2 cm³/mol. The number of hydrogen-bond donors (Lipinski definition) is 1. The Labute approximate surface area is 112 Å². The van der Waals surface area contributed by atoms with Gasteiger partial charge in [0.1, 0.15) is 0 Å². The van der Waals surface area contributed by atoms with E-state index < -0.39 is 0 Å². The molecule has 0 unspecified atom stereocenters. The van der Waals surface area contributed by atoms with Crippen molar-refractivity contribution in [2.24, 2.45) is 0 Å². The fraction of sp³-hybridized carbons (Fsp3) is 0.357. The third kappa shape index (κ3) is 2.51. The summed E-state index contributed by atoms with van der Waals surface area (Å²) in [4.78, 5) is 17.2. The average Bonchev–Trinajstić information content (AvgIpc) is 2.77. The summed E-state index contributed by atoms with van der Waals surface area (Å²) in [6.07, 6.45) is 3.86. The zero-order valence-electron chi connectivity index (χ0n) is 10.7. The van der Waals surface area contributed by atoms with E-state index in [-0.39, 0.29) is 5.91 Å². The summed E-state index contributed by atoms with van der Waals surface area (Å²) in [5.41, 5.74) is 1.62. The van der Waals surface area contributed by atoms with Crippen molar-refractivity contribution in [2.45, 2.75) is 19.8 Å². The monoisotopic (exact) mass is 264 g/mol. The fourth-order valence-corrected chi connectivity index (χ4v) is 2.14. The van der Waals surface area contributed by atoms with Crippen molar-refractivity contribution < 1.29 is 4.79 Å². The van der Waals surface area contributed by atoms with Gasteiger partial charge < -0.3 is 9.88 Å². The van der Waals surface area contributed by atoms with E-state index in [0.29, 0.717) is 10.6 Å². The number of amides is 1. The summed E-state index contributed by atoms with van der Waals surface area (Å²) in [6.45, 7) is 2.90. The largest absolute Gasteiger partial charge is 0.360 e. The Kier molecular flexibility index (Phi) is 3.92. The van der Waals surface area contributed by atoms with E-state index in [1.807, 2.05) is 25.2 Å². The molecule has 1 aromatic heterocycles. The third-order valence-electron chi connectivity index (χ3n) is 3.07. The molecule has 0 atom stereocenters. The lowest BCUT2D eigenvalue weighted by molar-refractivity contribution is 0.0795. The predicted octanol–water partition coefficient (Wildman–Crippen LogP) is 3.69. The Morgan fingerprint density at radius 1 is 1.44 bits per heavy atom. The number of fused-ring (bicyclic) bond motifs is 1. The summed E-state index contributed by atoms with van der Waals surface area (Å²) >= 11 is 5.98. The normalized spacial score (nSPS) is 10.8. The fourth-order valence-electron chi connectivity index (χ4n) is 1.97. The minimum Gasteiger partial charge on any atom is -0.360 e. The van der Waals surface area contributed by atoms with E-state index >= 15 is 0 Å². The van der Waals surface area contributed by atoms with Gasteiger partial charge in [0.15, 0.2) is 0 Å². The number of nitrogens with one attached hydrogen (secondary N) is 1. The molecule has 0 aliphatic carbocycles. The maximum absolute atomic E-state index is 12.3. The quantitative estimate of drug-likeness (QED) is 0.898. The highest BCUT2D eigenvalue weighted by molar-refractivity contribution is 6.31. The van der Waals surface area contributed by atoms with Crippen molar-refractivity contribution in [1.29, 1.82) is 0 Å². The summed E-state index contributed by atoms with van der Waals surface area (Å²) in [6, 6.07) is 5.53. The van der Waals surface area contributed by atoms with Crippen LogP contribution in [0.5, 0.6) is 0 Å². The molecule has 1 amide bonds. The molecule has 2 aromatic rings. The Morgan fingerprint density at radius 3 is 2.94 bits per heavy atom. The van der Waals surface area contributed by atoms with E-state index in [9.17, 15) is 4.79 Å². The van der Waals surface area contributed by atoms with Gasteiger partial charge in [0.05, 0.1) is 5.56 Å². The molecule has 0 bridgehead atoms. The van der Waals surface area contributed by atoms with E-state index in [0.717, 1.165) is 30.3 Å². The Balaban J connectivity index is 2.30. The van der Waals surface area contributed by atoms with Gasteiger partial charge in [0.25, 0.3) is 5.91 Å². The van der Waals surface area contributed by atoms with Gasteiger partial charge >= 0.3 is 0 Å². The zero-order valence-corrected chi connectivity index (χ0v) is 11.4. The zero-order chi connectivity index (χ0) is 13.1. The lowest BCUT2D eigenvalue weighted by Crippen LogP contribution is -2.27. The number of carbonyl (C=O) groups is 1. The maximum atomic E-state index is 12.3. The smallest absolute Gasteiger partial charge is 0.255 e. The van der Waals surface area contributed by atoms with Crippen LogP contribution < -0.4 is 0 Å². The minimum absolute atomic E-state index is 0.0389. The second kappa shape index (κ2) is 5.44. The van der Waals surface area contributed by atoms with Crippen LogP contribution in [0, 0.1) is 0 Å². The van der Waals surface area contributed by atoms with Crippen LogP contribution in [0.25, 0.3) is 10.9 Å². The van der Waals surface area contributed by atoms with Crippen LogP contribution in [-0.2, 0) is 0 Å². The Bertz CT molecular complexity index is 562. The van der Waals surface area contributed by atoms with Crippen LogP contribution >= 0.6 is 11.6 Å². The molecular formula is C14H17ClN2O. The number of rotatable bonds is 4. The SMILES string of the molecule is CCCCN(C)C(=O)c1c[nH]c2ccc(Cl)cc12.